The van der Waals surface area contributed by atoms with E-state index in [-0.39, 0.29) is 30.9 Å². The molecular weight excluding hydrogens is 678 g/mol. The van der Waals surface area contributed by atoms with Crippen LogP contribution in [-0.2, 0) is 28.4 Å². The van der Waals surface area contributed by atoms with Crippen molar-refractivity contribution in [2.75, 3.05) is 25.1 Å². The summed E-state index contributed by atoms with van der Waals surface area (Å²) in [5.74, 6) is 0.588. The number of hydrogen-bond donors (Lipinski definition) is 1. The van der Waals surface area contributed by atoms with E-state index < -0.39 is 53.3 Å². The third-order valence-electron chi connectivity index (χ3n) is 9.14. The van der Waals surface area contributed by atoms with E-state index in [1.54, 1.807) is 12.3 Å². The van der Waals surface area contributed by atoms with Crippen LogP contribution in [0.15, 0.2) is 35.8 Å². The summed E-state index contributed by atoms with van der Waals surface area (Å²) in [6, 6.07) is 1.99. The smallest absolute Gasteiger partial charge is 0.416 e. The number of carbonyl (C=O) groups excluding carboxylic acids is 1. The normalized spacial score (nSPS) is 21.5. The molecule has 16 heteroatoms. The second-order valence-corrected chi connectivity index (χ2v) is 13.3. The molecule has 0 spiro atoms. The van der Waals surface area contributed by atoms with E-state index in [4.69, 9.17) is 19.4 Å². The van der Waals surface area contributed by atoms with E-state index in [9.17, 15) is 41.0 Å². The first kappa shape index (κ1) is 36.2. The zero-order chi connectivity index (χ0) is 35.7. The average molecular weight is 715 g/mol. The molecule has 0 bridgehead atoms. The lowest BCUT2D eigenvalue weighted by Crippen LogP contribution is -2.36. The van der Waals surface area contributed by atoms with Crippen molar-refractivity contribution in [2.45, 2.75) is 77.0 Å². The molecule has 1 N–H and O–H groups in total. The van der Waals surface area contributed by atoms with E-state index >= 15 is 0 Å². The van der Waals surface area contributed by atoms with Gasteiger partial charge in [-0.2, -0.15) is 26.3 Å². The minimum Gasteiger partial charge on any atom is -0.495 e. The summed E-state index contributed by atoms with van der Waals surface area (Å²) in [6.45, 7) is 4.35. The molecule has 3 heterocycles. The Bertz CT molecular complexity index is 1620. The van der Waals surface area contributed by atoms with Gasteiger partial charge in [-0.05, 0) is 86.6 Å². The maximum Gasteiger partial charge on any atom is 0.416 e. The van der Waals surface area contributed by atoms with Crippen LogP contribution in [0.1, 0.15) is 74.4 Å². The first-order chi connectivity index (χ1) is 23.1. The largest absolute Gasteiger partial charge is 0.495 e. The predicted octanol–water partition coefficient (Wildman–Crippen LogP) is 8.44. The van der Waals surface area contributed by atoms with Gasteiger partial charge in [-0.3, -0.25) is 9.69 Å². The van der Waals surface area contributed by atoms with Crippen molar-refractivity contribution in [1.29, 1.82) is 0 Å². The van der Waals surface area contributed by atoms with Gasteiger partial charge in [0, 0.05) is 19.5 Å². The van der Waals surface area contributed by atoms with Crippen LogP contribution in [0.5, 0.6) is 5.75 Å². The highest BCUT2D eigenvalue weighted by Gasteiger charge is 2.44. The molecule has 9 nitrogen and oxygen atoms in total. The molecule has 49 heavy (non-hydrogen) atoms. The standard InChI is InChI=1S/C33H36F6N4O5S/c1-4-42(16-20-7-5-19(6-8-20)11-27(44)45)30-25(41-24(15-40-30)29-26(47-3)9-10-49-29)17-43-18(2)28(48-31(43)46)21-12-22(32(34,35)36)14-23(13-21)33(37,38)39/h9-10,12-15,18-20,28H,4-8,11,16-17H2,1-3H3,(H,44,45)/t18-,19-,20-,28?/m0/s1. The molecular formula is C33H36F6N4O5S. The van der Waals surface area contributed by atoms with Gasteiger partial charge in [-0.25, -0.2) is 14.8 Å². The molecule has 1 aliphatic carbocycles. The molecule has 1 unspecified atom stereocenters. The number of carboxylic acids is 1. The number of amides is 1. The SMILES string of the molecule is CCN(C[C@H]1CC[C@H](CC(=O)O)CC1)c1ncc(-c2sccc2OC)nc1CN1C(=O)OC(c2cc(C(F)(F)F)cc(C(F)(F)F)c2)[C@@H]1C. The number of aromatic nitrogens is 2. The molecule has 2 aromatic heterocycles. The lowest BCUT2D eigenvalue weighted by atomic mass is 9.80. The van der Waals surface area contributed by atoms with Gasteiger partial charge in [-0.1, -0.05) is 0 Å². The topological polar surface area (TPSA) is 105 Å². The molecule has 5 rings (SSSR count). The van der Waals surface area contributed by atoms with Gasteiger partial charge in [0.15, 0.2) is 5.82 Å². The Morgan fingerprint density at radius 1 is 1.08 bits per heavy atom. The lowest BCUT2D eigenvalue weighted by molar-refractivity contribution is -0.143. The molecule has 1 aliphatic heterocycles. The number of thiophene rings is 1. The monoisotopic (exact) mass is 714 g/mol. The van der Waals surface area contributed by atoms with Gasteiger partial charge in [0.25, 0.3) is 0 Å². The van der Waals surface area contributed by atoms with Crippen LogP contribution in [0.25, 0.3) is 10.6 Å². The van der Waals surface area contributed by atoms with Gasteiger partial charge in [-0.15, -0.1) is 11.3 Å². The number of rotatable bonds is 11. The van der Waals surface area contributed by atoms with Crippen molar-refractivity contribution in [2.24, 2.45) is 11.8 Å². The number of methoxy groups -OCH3 is 1. The first-order valence-electron chi connectivity index (χ1n) is 15.8. The van der Waals surface area contributed by atoms with E-state index in [1.165, 1.54) is 30.3 Å². The average Bonchev–Trinajstić information content (AvgIpc) is 3.63. The minimum absolute atomic E-state index is 0.0346. The first-order valence-corrected chi connectivity index (χ1v) is 16.7. The number of hydrogen-bond acceptors (Lipinski definition) is 8. The number of anilines is 1. The number of ether oxygens (including phenoxy) is 2. The van der Waals surface area contributed by atoms with Gasteiger partial charge in [0.2, 0.25) is 0 Å². The molecule has 2 fully saturated rings. The third-order valence-corrected chi connectivity index (χ3v) is 10.1. The summed E-state index contributed by atoms with van der Waals surface area (Å²) in [7, 11) is 1.51. The van der Waals surface area contributed by atoms with Gasteiger partial charge < -0.3 is 19.5 Å². The van der Waals surface area contributed by atoms with Crippen LogP contribution in [0.3, 0.4) is 0 Å². The highest BCUT2D eigenvalue weighted by atomic mass is 32.1. The molecule has 1 amide bonds. The van der Waals surface area contributed by atoms with Crippen molar-refractivity contribution < 1.29 is 50.5 Å². The summed E-state index contributed by atoms with van der Waals surface area (Å²) in [5, 5.41) is 11.0. The molecule has 3 aromatic rings. The molecule has 1 aromatic carbocycles. The maximum absolute atomic E-state index is 13.6. The van der Waals surface area contributed by atoms with E-state index in [0.29, 0.717) is 53.1 Å². The summed E-state index contributed by atoms with van der Waals surface area (Å²) in [6.07, 6.45) is -7.51. The summed E-state index contributed by atoms with van der Waals surface area (Å²) in [4.78, 5) is 38.0. The summed E-state index contributed by atoms with van der Waals surface area (Å²) in [5.41, 5.74) is -2.61. The van der Waals surface area contributed by atoms with Crippen LogP contribution in [-0.4, -0.2) is 58.3 Å². The van der Waals surface area contributed by atoms with Crippen molar-refractivity contribution in [3.05, 3.63) is 58.2 Å². The van der Waals surface area contributed by atoms with Crippen LogP contribution in [0.2, 0.25) is 0 Å². The summed E-state index contributed by atoms with van der Waals surface area (Å²) < 4.78 is 92.6. The van der Waals surface area contributed by atoms with Crippen LogP contribution in [0.4, 0.5) is 37.0 Å². The van der Waals surface area contributed by atoms with E-state index in [1.807, 2.05) is 17.2 Å². The number of aliphatic carboxylic acids is 1. The molecule has 1 saturated carbocycles. The Labute approximate surface area is 282 Å². The Morgan fingerprint density at radius 3 is 2.29 bits per heavy atom. The van der Waals surface area contributed by atoms with Crippen LogP contribution in [0, 0.1) is 11.8 Å². The number of carbonyl (C=O) groups is 2. The van der Waals surface area contributed by atoms with Gasteiger partial charge in [0.1, 0.15) is 23.2 Å². The van der Waals surface area contributed by atoms with Crippen molar-refractivity contribution >= 4 is 29.2 Å². The number of carboxylic acid groups (broad SMARTS) is 1. The predicted molar refractivity (Wildman–Crippen MR) is 168 cm³/mol. The number of halogens is 6. The zero-order valence-corrected chi connectivity index (χ0v) is 27.8. The Morgan fingerprint density at radius 2 is 1.71 bits per heavy atom. The molecule has 266 valence electrons. The molecule has 0 radical (unpaired) electrons. The quantitative estimate of drug-likeness (QED) is 0.198. The van der Waals surface area contributed by atoms with Crippen molar-refractivity contribution in [3.63, 3.8) is 0 Å². The highest BCUT2D eigenvalue weighted by molar-refractivity contribution is 7.14. The Hall–Kier alpha value is -4.08. The van der Waals surface area contributed by atoms with Crippen molar-refractivity contribution in [1.82, 2.24) is 14.9 Å². The van der Waals surface area contributed by atoms with Gasteiger partial charge >= 0.3 is 24.4 Å². The fourth-order valence-corrected chi connectivity index (χ4v) is 7.37. The molecule has 2 atom stereocenters. The number of cyclic esters (lactones) is 1. The minimum atomic E-state index is -5.06. The molecule has 2 aliphatic rings. The van der Waals surface area contributed by atoms with Crippen LogP contribution < -0.4 is 9.64 Å². The second-order valence-electron chi connectivity index (χ2n) is 12.4. The van der Waals surface area contributed by atoms with E-state index in [0.717, 1.165) is 25.7 Å². The van der Waals surface area contributed by atoms with Crippen molar-refractivity contribution in [3.8, 4) is 16.3 Å². The van der Waals surface area contributed by atoms with Gasteiger partial charge in [0.05, 0.1) is 41.9 Å². The fourth-order valence-electron chi connectivity index (χ4n) is 6.55. The van der Waals surface area contributed by atoms with E-state index in [2.05, 4.69) is 0 Å². The zero-order valence-electron chi connectivity index (χ0n) is 27.0. The highest BCUT2D eigenvalue weighted by Crippen LogP contribution is 2.42. The summed E-state index contributed by atoms with van der Waals surface area (Å²) >= 11 is 1.36. The number of nitrogens with zero attached hydrogens (tertiary/aromatic N) is 4. The Kier molecular flexibility index (Phi) is 10.7. The fraction of sp³-hybridized carbons (Fsp3) is 0.515. The maximum atomic E-state index is 13.6. The molecule has 1 saturated heterocycles. The Balaban J connectivity index is 1.46. The van der Waals surface area contributed by atoms with Crippen LogP contribution >= 0.6 is 11.3 Å². The lowest BCUT2D eigenvalue weighted by Gasteiger charge is -2.33. The number of alkyl halides is 6. The number of benzene rings is 1. The third kappa shape index (κ3) is 8.22. The second kappa shape index (κ2) is 14.4.